The predicted octanol–water partition coefficient (Wildman–Crippen LogP) is 3.24. The first-order valence-electron chi connectivity index (χ1n) is 9.31. The second kappa shape index (κ2) is 6.04. The van der Waals surface area contributed by atoms with Crippen molar-refractivity contribution in [3.63, 3.8) is 0 Å². The van der Waals surface area contributed by atoms with E-state index in [2.05, 4.69) is 10.3 Å². The molecular weight excluding hydrogens is 352 g/mol. The van der Waals surface area contributed by atoms with Crippen LogP contribution in [0.4, 0.5) is 8.78 Å². The van der Waals surface area contributed by atoms with Gasteiger partial charge < -0.3 is 15.2 Å². The Morgan fingerprint density at radius 1 is 1.33 bits per heavy atom. The number of aromatic amines is 1. The molecule has 2 aliphatic rings. The van der Waals surface area contributed by atoms with E-state index in [4.69, 9.17) is 0 Å². The van der Waals surface area contributed by atoms with Gasteiger partial charge in [0.1, 0.15) is 11.7 Å². The molecule has 1 unspecified atom stereocenters. The minimum absolute atomic E-state index is 0.0802. The zero-order chi connectivity index (χ0) is 19.4. The van der Waals surface area contributed by atoms with Gasteiger partial charge in [0.15, 0.2) is 0 Å². The minimum Gasteiger partial charge on any atom is -0.351 e. The molecule has 2 amide bonds. The maximum atomic E-state index is 13.6. The normalized spacial score (nSPS) is 24.4. The van der Waals surface area contributed by atoms with E-state index in [1.54, 1.807) is 13.0 Å². The molecule has 1 aliphatic heterocycles. The number of hydrogen-bond acceptors (Lipinski definition) is 2. The maximum absolute atomic E-state index is 13.6. The van der Waals surface area contributed by atoms with E-state index in [-0.39, 0.29) is 24.8 Å². The van der Waals surface area contributed by atoms with Crippen LogP contribution in [0.15, 0.2) is 24.3 Å². The fourth-order valence-corrected chi connectivity index (χ4v) is 4.05. The molecule has 5 nitrogen and oxygen atoms in total. The number of carbonyl (C=O) groups excluding carboxylic acids is 2. The van der Waals surface area contributed by atoms with Crippen molar-refractivity contribution in [1.82, 2.24) is 15.2 Å². The molecule has 0 radical (unpaired) electrons. The van der Waals surface area contributed by atoms with Gasteiger partial charge in [-0.3, -0.25) is 9.59 Å². The smallest absolute Gasteiger partial charge is 0.268 e. The molecule has 2 heterocycles. The summed E-state index contributed by atoms with van der Waals surface area (Å²) in [6.07, 6.45) is 0.600. The Bertz CT molecular complexity index is 923. The van der Waals surface area contributed by atoms with Crippen LogP contribution >= 0.6 is 0 Å². The third-order valence-corrected chi connectivity index (χ3v) is 5.91. The van der Waals surface area contributed by atoms with Crippen LogP contribution in [0.25, 0.3) is 10.9 Å². The lowest BCUT2D eigenvalue weighted by Gasteiger charge is -2.23. The van der Waals surface area contributed by atoms with Crippen LogP contribution in [0.2, 0.25) is 0 Å². The van der Waals surface area contributed by atoms with Crippen molar-refractivity contribution in [2.24, 2.45) is 5.41 Å². The van der Waals surface area contributed by atoms with Crippen molar-refractivity contribution in [2.75, 3.05) is 13.1 Å². The van der Waals surface area contributed by atoms with E-state index in [1.807, 2.05) is 25.1 Å². The summed E-state index contributed by atoms with van der Waals surface area (Å²) in [5.41, 5.74) is 1.30. The van der Waals surface area contributed by atoms with Crippen molar-refractivity contribution in [3.05, 3.63) is 35.5 Å². The van der Waals surface area contributed by atoms with Crippen LogP contribution in [0, 0.1) is 12.3 Å². The highest BCUT2D eigenvalue weighted by atomic mass is 19.3. The molecule has 1 saturated carbocycles. The molecule has 1 saturated heterocycles. The predicted molar refractivity (Wildman–Crippen MR) is 97.8 cm³/mol. The van der Waals surface area contributed by atoms with Crippen LogP contribution in [0.3, 0.4) is 0 Å². The third kappa shape index (κ3) is 2.99. The summed E-state index contributed by atoms with van der Waals surface area (Å²) in [5, 5.41) is 3.68. The van der Waals surface area contributed by atoms with Gasteiger partial charge in [-0.25, -0.2) is 8.78 Å². The van der Waals surface area contributed by atoms with E-state index in [0.717, 1.165) is 16.5 Å². The molecule has 2 fully saturated rings. The number of halogens is 2. The fourth-order valence-electron chi connectivity index (χ4n) is 4.05. The standard InChI is InChI=1S/C20H23F2N3O2/c1-3-14(18(27)25-7-6-19(11-25)10-20(19,21)22)24-17(26)16-9-13-8-12(2)4-5-15(13)23-16/h4-5,8-9,14,23H,3,6-7,10-11H2,1-2H3,(H,24,26)/t14-,19?/m1/s1. The number of alkyl halides is 2. The van der Waals surface area contributed by atoms with E-state index in [9.17, 15) is 18.4 Å². The van der Waals surface area contributed by atoms with Gasteiger partial charge >= 0.3 is 0 Å². The van der Waals surface area contributed by atoms with E-state index in [1.165, 1.54) is 4.90 Å². The van der Waals surface area contributed by atoms with Crippen molar-refractivity contribution in [2.45, 2.75) is 45.1 Å². The average Bonchev–Trinajstić information content (AvgIpc) is 3.01. The number of aryl methyl sites for hydroxylation is 1. The first kappa shape index (κ1) is 17.9. The van der Waals surface area contributed by atoms with Crippen LogP contribution in [0.1, 0.15) is 42.2 Å². The summed E-state index contributed by atoms with van der Waals surface area (Å²) >= 11 is 0. The van der Waals surface area contributed by atoms with Gasteiger partial charge in [-0.1, -0.05) is 18.6 Å². The number of nitrogens with zero attached hydrogens (tertiary/aromatic N) is 1. The van der Waals surface area contributed by atoms with Crippen LogP contribution in [-0.4, -0.2) is 46.8 Å². The summed E-state index contributed by atoms with van der Waals surface area (Å²) in [6.45, 7) is 4.18. The number of rotatable bonds is 4. The molecule has 0 bridgehead atoms. The topological polar surface area (TPSA) is 65.2 Å². The molecule has 144 valence electrons. The highest BCUT2D eigenvalue weighted by molar-refractivity contribution is 6.00. The number of hydrogen-bond donors (Lipinski definition) is 2. The van der Waals surface area contributed by atoms with Gasteiger partial charge in [-0.15, -0.1) is 0 Å². The average molecular weight is 375 g/mol. The Morgan fingerprint density at radius 2 is 2.07 bits per heavy atom. The number of H-pyrrole nitrogens is 1. The van der Waals surface area contributed by atoms with Crippen LogP contribution < -0.4 is 5.32 Å². The number of amides is 2. The van der Waals surface area contributed by atoms with E-state index in [0.29, 0.717) is 25.1 Å². The number of benzene rings is 1. The molecule has 7 heteroatoms. The summed E-state index contributed by atoms with van der Waals surface area (Å²) in [6, 6.07) is 6.88. The number of carbonyl (C=O) groups is 2. The van der Waals surface area contributed by atoms with Gasteiger partial charge in [0.05, 0.1) is 5.41 Å². The molecule has 27 heavy (non-hydrogen) atoms. The van der Waals surface area contributed by atoms with Gasteiger partial charge in [-0.05, 0) is 38.0 Å². The molecular formula is C20H23F2N3O2. The van der Waals surface area contributed by atoms with Gasteiger partial charge in [0.25, 0.3) is 11.8 Å². The van der Waals surface area contributed by atoms with Crippen LogP contribution in [-0.2, 0) is 4.79 Å². The summed E-state index contributed by atoms with van der Waals surface area (Å²) in [5.74, 6) is -3.30. The first-order valence-corrected chi connectivity index (χ1v) is 9.31. The largest absolute Gasteiger partial charge is 0.351 e. The Balaban J connectivity index is 1.45. The second-order valence-corrected chi connectivity index (χ2v) is 7.88. The number of nitrogens with one attached hydrogen (secondary N) is 2. The molecule has 2 N–H and O–H groups in total. The number of aromatic nitrogens is 1. The molecule has 2 atom stereocenters. The van der Waals surface area contributed by atoms with E-state index >= 15 is 0 Å². The SMILES string of the molecule is CC[C@@H](NC(=O)c1cc2cc(C)ccc2[nH]1)C(=O)N1CCC2(C1)CC2(F)F. The molecule has 1 aliphatic carbocycles. The Labute approximate surface area is 156 Å². The Morgan fingerprint density at radius 3 is 2.70 bits per heavy atom. The minimum atomic E-state index is -2.66. The monoisotopic (exact) mass is 375 g/mol. The zero-order valence-electron chi connectivity index (χ0n) is 15.4. The Kier molecular flexibility index (Phi) is 4.01. The lowest BCUT2D eigenvalue weighted by Crippen LogP contribution is -2.47. The van der Waals surface area contributed by atoms with E-state index < -0.39 is 17.4 Å². The summed E-state index contributed by atoms with van der Waals surface area (Å²) in [7, 11) is 0. The summed E-state index contributed by atoms with van der Waals surface area (Å²) < 4.78 is 27.1. The van der Waals surface area contributed by atoms with Gasteiger partial charge in [0.2, 0.25) is 5.91 Å². The van der Waals surface area contributed by atoms with Gasteiger partial charge in [-0.2, -0.15) is 0 Å². The van der Waals surface area contributed by atoms with Crippen molar-refractivity contribution < 1.29 is 18.4 Å². The van der Waals surface area contributed by atoms with Crippen molar-refractivity contribution in [1.29, 1.82) is 0 Å². The van der Waals surface area contributed by atoms with Crippen LogP contribution in [0.5, 0.6) is 0 Å². The quantitative estimate of drug-likeness (QED) is 0.862. The third-order valence-electron chi connectivity index (χ3n) is 5.91. The summed E-state index contributed by atoms with van der Waals surface area (Å²) in [4.78, 5) is 29.9. The highest BCUT2D eigenvalue weighted by Crippen LogP contribution is 2.65. The first-order chi connectivity index (χ1) is 12.7. The molecule has 1 spiro atoms. The second-order valence-electron chi connectivity index (χ2n) is 7.88. The lowest BCUT2D eigenvalue weighted by molar-refractivity contribution is -0.132. The molecule has 4 rings (SSSR count). The van der Waals surface area contributed by atoms with Crippen molar-refractivity contribution >= 4 is 22.7 Å². The zero-order valence-corrected chi connectivity index (χ0v) is 15.4. The fraction of sp³-hybridized carbons (Fsp3) is 0.500. The number of fused-ring (bicyclic) bond motifs is 1. The molecule has 1 aromatic heterocycles. The molecule has 1 aromatic carbocycles. The highest BCUT2D eigenvalue weighted by Gasteiger charge is 2.73. The lowest BCUT2D eigenvalue weighted by atomic mass is 10.1. The molecule has 2 aromatic rings. The van der Waals surface area contributed by atoms with Gasteiger partial charge in [0, 0.05) is 30.4 Å². The Hall–Kier alpha value is -2.44. The maximum Gasteiger partial charge on any atom is 0.268 e. The van der Waals surface area contributed by atoms with Crippen molar-refractivity contribution in [3.8, 4) is 0 Å². The number of likely N-dealkylation sites (tertiary alicyclic amines) is 1.